The fourth-order valence-electron chi connectivity index (χ4n) is 0.427. The van der Waals surface area contributed by atoms with Gasteiger partial charge in [-0.1, -0.05) is 0 Å². The van der Waals surface area contributed by atoms with Crippen molar-refractivity contribution in [3.63, 3.8) is 0 Å². The van der Waals surface area contributed by atoms with E-state index < -0.39 is 8.25 Å². The van der Waals surface area contributed by atoms with E-state index in [0.717, 1.165) is 0 Å². The van der Waals surface area contributed by atoms with E-state index in [9.17, 15) is 0 Å². The van der Waals surface area contributed by atoms with Gasteiger partial charge in [0.1, 0.15) is 0 Å². The molecule has 0 aliphatic rings. The van der Waals surface area contributed by atoms with Gasteiger partial charge in [-0.05, 0) is 0 Å². The Kier molecular flexibility index (Phi) is 4.52. The molecular formula is C3H8N6O3P+. The summed E-state index contributed by atoms with van der Waals surface area (Å²) in [7, 11) is -2.87. The molecule has 0 aliphatic carbocycles. The van der Waals surface area contributed by atoms with E-state index in [0.29, 0.717) is 0 Å². The number of nitrogen functional groups attached to an aromatic ring is 3. The number of aromatic nitrogens is 3. The molecule has 0 bridgehead atoms. The molecule has 0 fully saturated rings. The van der Waals surface area contributed by atoms with E-state index in [2.05, 4.69) is 15.0 Å². The average Bonchev–Trinajstić information content (AvgIpc) is 1.80. The Morgan fingerprint density at radius 2 is 1.08 bits per heavy atom. The van der Waals surface area contributed by atoms with Crippen molar-refractivity contribution in [1.29, 1.82) is 0 Å². The van der Waals surface area contributed by atoms with Crippen molar-refractivity contribution in [3.8, 4) is 0 Å². The summed E-state index contributed by atoms with van der Waals surface area (Å²) in [4.78, 5) is 24.7. The number of hydrogen-bond acceptors (Lipinski definition) is 7. The molecule has 0 saturated heterocycles. The summed E-state index contributed by atoms with van der Waals surface area (Å²) in [5.41, 5.74) is 15.4. The van der Waals surface area contributed by atoms with E-state index >= 15 is 0 Å². The van der Waals surface area contributed by atoms with Crippen molar-refractivity contribution in [1.82, 2.24) is 15.0 Å². The first-order valence-corrected chi connectivity index (χ1v) is 3.96. The Morgan fingerprint density at radius 1 is 0.923 bits per heavy atom. The van der Waals surface area contributed by atoms with Crippen LogP contribution in [-0.4, -0.2) is 24.7 Å². The van der Waals surface area contributed by atoms with Crippen molar-refractivity contribution >= 4 is 26.1 Å². The summed E-state index contributed by atoms with van der Waals surface area (Å²) < 4.78 is 8.70. The molecule has 0 unspecified atom stereocenters. The SMILES string of the molecule is Nc1nc(N)nc(N)n1.O=[P+](O)O. The zero-order valence-corrected chi connectivity index (χ0v) is 7.22. The van der Waals surface area contributed by atoms with Crippen LogP contribution in [0, 0.1) is 0 Å². The lowest BCUT2D eigenvalue weighted by molar-refractivity contribution is 0.405. The first kappa shape index (κ1) is 11.4. The van der Waals surface area contributed by atoms with Gasteiger partial charge in [-0.15, -0.1) is 9.79 Å². The zero-order valence-electron chi connectivity index (χ0n) is 6.32. The van der Waals surface area contributed by atoms with Gasteiger partial charge in [-0.3, -0.25) is 0 Å². The third-order valence-electron chi connectivity index (χ3n) is 0.687. The molecule has 0 saturated carbocycles. The van der Waals surface area contributed by atoms with Crippen molar-refractivity contribution in [2.45, 2.75) is 0 Å². The molecule has 0 aromatic carbocycles. The molecule has 0 amide bonds. The lowest BCUT2D eigenvalue weighted by Gasteiger charge is -1.93. The summed E-state index contributed by atoms with van der Waals surface area (Å²) in [5.74, 6) is 0.125. The topological polar surface area (TPSA) is 174 Å². The molecule has 8 N–H and O–H groups in total. The van der Waals surface area contributed by atoms with Crippen molar-refractivity contribution in [2.75, 3.05) is 17.2 Å². The average molecular weight is 207 g/mol. The fourth-order valence-corrected chi connectivity index (χ4v) is 0.427. The molecule has 1 aromatic rings. The van der Waals surface area contributed by atoms with Crippen LogP contribution >= 0.6 is 8.25 Å². The van der Waals surface area contributed by atoms with Crippen LogP contribution < -0.4 is 17.2 Å². The van der Waals surface area contributed by atoms with Gasteiger partial charge in [0, 0.05) is 4.57 Å². The van der Waals surface area contributed by atoms with Gasteiger partial charge >= 0.3 is 8.25 Å². The molecule has 72 valence electrons. The van der Waals surface area contributed by atoms with E-state index in [1.54, 1.807) is 0 Å². The fraction of sp³-hybridized carbons (Fsp3) is 0. The first-order chi connectivity index (χ1) is 5.91. The summed E-state index contributed by atoms with van der Waals surface area (Å²) in [6.07, 6.45) is 0. The summed E-state index contributed by atoms with van der Waals surface area (Å²) in [5, 5.41) is 0. The highest BCUT2D eigenvalue weighted by Crippen LogP contribution is 1.98. The van der Waals surface area contributed by atoms with Crippen LogP contribution in [0.5, 0.6) is 0 Å². The molecule has 1 heterocycles. The van der Waals surface area contributed by atoms with E-state index in [1.807, 2.05) is 0 Å². The predicted molar refractivity (Wildman–Crippen MR) is 45.1 cm³/mol. The number of nitrogens with two attached hydrogens (primary N) is 3. The van der Waals surface area contributed by atoms with Gasteiger partial charge in [0.05, 0.1) is 0 Å². The van der Waals surface area contributed by atoms with Gasteiger partial charge in [-0.2, -0.15) is 15.0 Å². The Bertz CT molecular complexity index is 251. The normalized spacial score (nSPS) is 8.46. The summed E-state index contributed by atoms with van der Waals surface area (Å²) >= 11 is 0. The van der Waals surface area contributed by atoms with Crippen LogP contribution in [-0.2, 0) is 4.57 Å². The second-order valence-electron chi connectivity index (χ2n) is 1.66. The van der Waals surface area contributed by atoms with Gasteiger partial charge in [0.25, 0.3) is 0 Å². The quantitative estimate of drug-likeness (QED) is 0.308. The largest absolute Gasteiger partial charge is 0.692 e. The minimum atomic E-state index is -2.87. The molecule has 10 heteroatoms. The highest BCUT2D eigenvalue weighted by molar-refractivity contribution is 7.30. The van der Waals surface area contributed by atoms with Crippen LogP contribution in [0.15, 0.2) is 0 Å². The van der Waals surface area contributed by atoms with E-state index in [1.165, 1.54) is 0 Å². The maximum Gasteiger partial charge on any atom is 0.692 e. The predicted octanol–water partition coefficient (Wildman–Crippen LogP) is -1.75. The van der Waals surface area contributed by atoms with Crippen molar-refractivity contribution in [2.24, 2.45) is 0 Å². The van der Waals surface area contributed by atoms with Gasteiger partial charge in [0.2, 0.25) is 17.8 Å². The third kappa shape index (κ3) is 6.81. The zero-order chi connectivity index (χ0) is 10.4. The molecule has 13 heavy (non-hydrogen) atoms. The van der Waals surface area contributed by atoms with Crippen LogP contribution in [0.2, 0.25) is 0 Å². The minimum Gasteiger partial charge on any atom is -0.368 e. The molecular weight excluding hydrogens is 199 g/mol. The van der Waals surface area contributed by atoms with Crippen LogP contribution in [0.3, 0.4) is 0 Å². The molecule has 9 nitrogen and oxygen atoms in total. The monoisotopic (exact) mass is 207 g/mol. The summed E-state index contributed by atoms with van der Waals surface area (Å²) in [6.45, 7) is 0. The smallest absolute Gasteiger partial charge is 0.368 e. The van der Waals surface area contributed by atoms with Gasteiger partial charge in [-0.25, -0.2) is 0 Å². The van der Waals surface area contributed by atoms with E-state index in [4.69, 9.17) is 31.6 Å². The molecule has 1 aromatic heterocycles. The van der Waals surface area contributed by atoms with E-state index in [-0.39, 0.29) is 17.8 Å². The number of hydrogen-bond donors (Lipinski definition) is 5. The molecule has 0 radical (unpaired) electrons. The highest BCUT2D eigenvalue weighted by atomic mass is 31.1. The van der Waals surface area contributed by atoms with Crippen molar-refractivity contribution < 1.29 is 14.4 Å². The highest BCUT2D eigenvalue weighted by Gasteiger charge is 1.94. The van der Waals surface area contributed by atoms with Crippen LogP contribution in [0.25, 0.3) is 0 Å². The molecule has 0 atom stereocenters. The van der Waals surface area contributed by atoms with Crippen LogP contribution in [0.1, 0.15) is 0 Å². The van der Waals surface area contributed by atoms with Crippen molar-refractivity contribution in [3.05, 3.63) is 0 Å². The summed E-state index contributed by atoms with van der Waals surface area (Å²) in [6, 6.07) is 0. The second kappa shape index (κ2) is 5.14. The Balaban J connectivity index is 0.000000310. The standard InChI is InChI=1S/C3H6N6.HO3P/c4-1-7-2(5)9-3(6)8-1;1-4(2)3/h(H6,4,5,6,7,8,9);(H-,1,2,3)/p+1. The Labute approximate surface area is 73.6 Å². The van der Waals surface area contributed by atoms with Gasteiger partial charge in [0.15, 0.2) is 0 Å². The molecule has 1 rings (SSSR count). The maximum atomic E-state index is 8.70. The molecule has 0 aliphatic heterocycles. The third-order valence-corrected chi connectivity index (χ3v) is 0.687. The Morgan fingerprint density at radius 3 is 1.23 bits per heavy atom. The maximum absolute atomic E-state index is 8.70. The number of rotatable bonds is 0. The van der Waals surface area contributed by atoms with Gasteiger partial charge < -0.3 is 17.2 Å². The first-order valence-electron chi connectivity index (χ1n) is 2.79. The Hall–Kier alpha value is -1.57. The number of nitrogens with zero attached hydrogens (tertiary/aromatic N) is 3. The lowest BCUT2D eigenvalue weighted by atomic mass is 10.9. The molecule has 0 spiro atoms. The number of anilines is 3. The van der Waals surface area contributed by atoms with Crippen LogP contribution in [0.4, 0.5) is 17.8 Å². The lowest BCUT2D eigenvalue weighted by Crippen LogP contribution is -2.05. The second-order valence-corrected chi connectivity index (χ2v) is 2.17. The minimum absolute atomic E-state index is 0.0417.